The highest BCUT2D eigenvalue weighted by molar-refractivity contribution is 5.94. The van der Waals surface area contributed by atoms with Gasteiger partial charge in [0, 0.05) is 31.4 Å². The molecule has 124 valence electrons. The number of carbonyl (C=O) groups is 1. The topological polar surface area (TPSA) is 42.3 Å². The molecule has 0 radical (unpaired) electrons. The Hall–Kier alpha value is -3.32. The van der Waals surface area contributed by atoms with Gasteiger partial charge in [-0.15, -0.1) is 0 Å². The second-order valence-electron chi connectivity index (χ2n) is 5.87. The van der Waals surface area contributed by atoms with Crippen LogP contribution >= 0.6 is 0 Å². The second-order valence-corrected chi connectivity index (χ2v) is 5.87. The third-order valence-corrected chi connectivity index (χ3v) is 3.94. The standard InChI is InChI=1S/C21H18N2O2/c1-22(15-17-7-3-2-4-8-17)21(25)19-12-10-18(11-13-19)16-23-14-6-5-9-20(23)24/h3,5-14H,15-16H2,1H3. The van der Waals surface area contributed by atoms with Gasteiger partial charge in [-0.05, 0) is 47.5 Å². The van der Waals surface area contributed by atoms with Crippen molar-refractivity contribution >= 4 is 5.91 Å². The van der Waals surface area contributed by atoms with Gasteiger partial charge in [-0.1, -0.05) is 30.3 Å². The van der Waals surface area contributed by atoms with Gasteiger partial charge in [-0.3, -0.25) is 9.59 Å². The van der Waals surface area contributed by atoms with Crippen LogP contribution in [0, 0.1) is 12.1 Å². The number of pyridine rings is 1. The van der Waals surface area contributed by atoms with Gasteiger partial charge in [0.2, 0.25) is 0 Å². The van der Waals surface area contributed by atoms with Gasteiger partial charge in [0.05, 0.1) is 6.54 Å². The summed E-state index contributed by atoms with van der Waals surface area (Å²) in [5, 5.41) is 0. The summed E-state index contributed by atoms with van der Waals surface area (Å²) in [6.45, 7) is 1.01. The Morgan fingerprint density at radius 2 is 1.84 bits per heavy atom. The molecule has 1 amide bonds. The molecule has 1 aromatic heterocycles. The summed E-state index contributed by atoms with van der Waals surface area (Å²) in [7, 11) is 1.77. The van der Waals surface area contributed by atoms with Gasteiger partial charge >= 0.3 is 0 Å². The van der Waals surface area contributed by atoms with E-state index in [0.717, 1.165) is 11.1 Å². The summed E-state index contributed by atoms with van der Waals surface area (Å²) in [6, 6.07) is 23.7. The SMILES string of the molecule is CN(Cc1cc#ccc1)C(=O)c1ccc(Cn2ccccc2=O)cc1. The Labute approximate surface area is 147 Å². The largest absolute Gasteiger partial charge is 0.337 e. The summed E-state index contributed by atoms with van der Waals surface area (Å²) in [5.74, 6) is -0.0451. The predicted molar refractivity (Wildman–Crippen MR) is 96.2 cm³/mol. The number of benzene rings is 1. The average molecular weight is 330 g/mol. The highest BCUT2D eigenvalue weighted by atomic mass is 16.2. The second kappa shape index (κ2) is 7.50. The zero-order chi connectivity index (χ0) is 17.6. The number of hydrogen-bond acceptors (Lipinski definition) is 2. The third kappa shape index (κ3) is 4.15. The first-order valence-corrected chi connectivity index (χ1v) is 8.00. The first kappa shape index (κ1) is 16.5. The van der Waals surface area contributed by atoms with E-state index in [1.54, 1.807) is 47.0 Å². The highest BCUT2D eigenvalue weighted by Gasteiger charge is 2.12. The molecule has 4 nitrogen and oxygen atoms in total. The number of aromatic nitrogens is 1. The molecule has 0 spiro atoms. The van der Waals surface area contributed by atoms with Crippen molar-refractivity contribution < 1.29 is 4.79 Å². The molecule has 25 heavy (non-hydrogen) atoms. The van der Waals surface area contributed by atoms with Gasteiger partial charge < -0.3 is 9.47 Å². The molecule has 0 aliphatic heterocycles. The smallest absolute Gasteiger partial charge is 0.253 e. The van der Waals surface area contributed by atoms with Gasteiger partial charge in [0.15, 0.2) is 0 Å². The van der Waals surface area contributed by atoms with Gasteiger partial charge in [0.25, 0.3) is 11.5 Å². The molecule has 4 heteroatoms. The predicted octanol–water partition coefficient (Wildman–Crippen LogP) is 2.77. The van der Waals surface area contributed by atoms with Crippen LogP contribution in [0.4, 0.5) is 0 Å². The summed E-state index contributed by atoms with van der Waals surface area (Å²) in [5.41, 5.74) is 2.56. The van der Waals surface area contributed by atoms with E-state index in [9.17, 15) is 9.59 Å². The van der Waals surface area contributed by atoms with Gasteiger partial charge in [-0.2, -0.15) is 0 Å². The van der Waals surface area contributed by atoms with Crippen LogP contribution < -0.4 is 5.56 Å². The molecule has 0 N–H and O–H groups in total. The molecule has 2 aromatic carbocycles. The lowest BCUT2D eigenvalue weighted by Crippen LogP contribution is -2.26. The molecular weight excluding hydrogens is 312 g/mol. The fraction of sp³-hybridized carbons (Fsp3) is 0.143. The molecule has 0 unspecified atom stereocenters. The Bertz CT molecular complexity index is 899. The van der Waals surface area contributed by atoms with E-state index in [1.165, 1.54) is 6.07 Å². The average Bonchev–Trinajstić information content (AvgIpc) is 2.64. The number of carbonyl (C=O) groups excluding carboxylic acids is 1. The minimum absolute atomic E-state index is 0.0423. The van der Waals surface area contributed by atoms with Crippen molar-refractivity contribution in [1.29, 1.82) is 0 Å². The summed E-state index contributed by atoms with van der Waals surface area (Å²) >= 11 is 0. The summed E-state index contributed by atoms with van der Waals surface area (Å²) < 4.78 is 1.63. The van der Waals surface area contributed by atoms with Crippen LogP contribution in [-0.4, -0.2) is 22.4 Å². The van der Waals surface area contributed by atoms with Crippen LogP contribution in [0.5, 0.6) is 0 Å². The quantitative estimate of drug-likeness (QED) is 0.722. The molecule has 0 atom stereocenters. The maximum absolute atomic E-state index is 12.5. The van der Waals surface area contributed by atoms with Crippen molar-refractivity contribution in [2.45, 2.75) is 13.1 Å². The van der Waals surface area contributed by atoms with Crippen molar-refractivity contribution in [2.24, 2.45) is 0 Å². The third-order valence-electron chi connectivity index (χ3n) is 3.94. The molecule has 0 saturated carbocycles. The Kier molecular flexibility index (Phi) is 4.96. The highest BCUT2D eigenvalue weighted by Crippen LogP contribution is 2.10. The van der Waals surface area contributed by atoms with Crippen LogP contribution in [0.25, 0.3) is 0 Å². The normalized spacial score (nSPS) is 10.1. The van der Waals surface area contributed by atoms with Crippen LogP contribution in [-0.2, 0) is 13.1 Å². The van der Waals surface area contributed by atoms with Crippen molar-refractivity contribution in [3.8, 4) is 0 Å². The Morgan fingerprint density at radius 1 is 1.04 bits per heavy atom. The van der Waals surface area contributed by atoms with E-state index < -0.39 is 0 Å². The van der Waals surface area contributed by atoms with Crippen LogP contribution in [0.15, 0.2) is 71.7 Å². The summed E-state index contributed by atoms with van der Waals surface area (Å²) in [6.07, 6.45) is 1.75. The number of rotatable bonds is 5. The van der Waals surface area contributed by atoms with Crippen LogP contribution in [0.2, 0.25) is 0 Å². The zero-order valence-electron chi connectivity index (χ0n) is 14.0. The van der Waals surface area contributed by atoms with Crippen molar-refractivity contribution in [3.05, 3.63) is 106 Å². The van der Waals surface area contributed by atoms with E-state index in [0.29, 0.717) is 18.7 Å². The van der Waals surface area contributed by atoms with E-state index in [1.807, 2.05) is 30.3 Å². The molecule has 3 aromatic rings. The molecule has 0 saturated heterocycles. The lowest BCUT2D eigenvalue weighted by Gasteiger charge is -2.17. The van der Waals surface area contributed by atoms with Gasteiger partial charge in [0.1, 0.15) is 0 Å². The van der Waals surface area contributed by atoms with Crippen LogP contribution in [0.1, 0.15) is 21.5 Å². The number of nitrogens with zero attached hydrogens (tertiary/aromatic N) is 2. The Balaban J connectivity index is 1.68. The van der Waals surface area contributed by atoms with Crippen molar-refractivity contribution in [3.63, 3.8) is 0 Å². The first-order chi connectivity index (χ1) is 12.1. The minimum Gasteiger partial charge on any atom is -0.337 e. The van der Waals surface area contributed by atoms with Crippen molar-refractivity contribution in [1.82, 2.24) is 9.47 Å². The van der Waals surface area contributed by atoms with E-state index in [2.05, 4.69) is 12.1 Å². The van der Waals surface area contributed by atoms with E-state index in [-0.39, 0.29) is 11.5 Å². The fourth-order valence-electron chi connectivity index (χ4n) is 2.58. The van der Waals surface area contributed by atoms with Crippen molar-refractivity contribution in [2.75, 3.05) is 7.05 Å². The fourth-order valence-corrected chi connectivity index (χ4v) is 2.58. The minimum atomic E-state index is -0.0451. The molecule has 0 bridgehead atoms. The van der Waals surface area contributed by atoms with Gasteiger partial charge in [-0.25, -0.2) is 0 Å². The molecule has 3 rings (SSSR count). The monoisotopic (exact) mass is 330 g/mol. The van der Waals surface area contributed by atoms with E-state index >= 15 is 0 Å². The first-order valence-electron chi connectivity index (χ1n) is 8.00. The maximum atomic E-state index is 12.5. The van der Waals surface area contributed by atoms with Crippen LogP contribution in [0.3, 0.4) is 0 Å². The van der Waals surface area contributed by atoms with E-state index in [4.69, 9.17) is 0 Å². The lowest BCUT2D eigenvalue weighted by molar-refractivity contribution is 0.0785. The molecular formula is C21H18N2O2. The molecule has 0 aliphatic carbocycles. The summed E-state index contributed by atoms with van der Waals surface area (Å²) in [4.78, 5) is 26.0. The number of hydrogen-bond donors (Lipinski definition) is 0. The maximum Gasteiger partial charge on any atom is 0.253 e. The number of amides is 1. The Morgan fingerprint density at radius 3 is 2.52 bits per heavy atom. The molecule has 1 heterocycles. The lowest BCUT2D eigenvalue weighted by atomic mass is 10.1. The molecule has 0 aliphatic rings. The molecule has 0 fully saturated rings. The zero-order valence-corrected chi connectivity index (χ0v) is 14.0.